The SMILES string of the molecule is Nc1ccc(N)cc1.c1cc2ccc3cccc4ccc(c1)c2c34. The van der Waals surface area contributed by atoms with Crippen LogP contribution in [0.4, 0.5) is 11.4 Å². The quantitative estimate of drug-likeness (QED) is 0.296. The van der Waals surface area contributed by atoms with Gasteiger partial charge in [0, 0.05) is 11.4 Å². The van der Waals surface area contributed by atoms with Crippen LogP contribution in [0.2, 0.25) is 0 Å². The van der Waals surface area contributed by atoms with E-state index in [9.17, 15) is 0 Å². The highest BCUT2D eigenvalue weighted by molar-refractivity contribution is 6.22. The Bertz CT molecular complexity index is 961. The molecule has 2 heteroatoms. The van der Waals surface area contributed by atoms with Crippen LogP contribution in [-0.2, 0) is 0 Å². The lowest BCUT2D eigenvalue weighted by Gasteiger charge is -2.09. The molecule has 0 aromatic heterocycles. The first-order chi connectivity index (χ1) is 11.7. The fourth-order valence-electron chi connectivity index (χ4n) is 3.17. The van der Waals surface area contributed by atoms with Crippen molar-refractivity contribution in [3.05, 3.63) is 84.9 Å². The van der Waals surface area contributed by atoms with Crippen LogP contribution < -0.4 is 11.5 Å². The summed E-state index contributed by atoms with van der Waals surface area (Å²) in [6.07, 6.45) is 0. The van der Waals surface area contributed by atoms with Crippen LogP contribution in [0.5, 0.6) is 0 Å². The lowest BCUT2D eigenvalue weighted by atomic mass is 9.95. The standard InChI is InChI=1S/C16H10.C6H8N2/c1-3-11-7-9-13-5-2-6-14-10-8-12(4-1)15(11)16(13)14;7-5-1-2-6(8)4-3-5/h1-10H;1-4H,7-8H2. The molecule has 5 aromatic rings. The van der Waals surface area contributed by atoms with E-state index in [2.05, 4.69) is 60.7 Å². The van der Waals surface area contributed by atoms with E-state index in [1.54, 1.807) is 24.3 Å². The lowest BCUT2D eigenvalue weighted by Crippen LogP contribution is -1.86. The van der Waals surface area contributed by atoms with Crippen LogP contribution in [-0.4, -0.2) is 0 Å². The van der Waals surface area contributed by atoms with Gasteiger partial charge in [0.25, 0.3) is 0 Å². The number of nitrogen functional groups attached to an aromatic ring is 2. The zero-order chi connectivity index (χ0) is 16.5. The Kier molecular flexibility index (Phi) is 3.43. The maximum Gasteiger partial charge on any atom is 0.0315 e. The monoisotopic (exact) mass is 310 g/mol. The smallest absolute Gasteiger partial charge is 0.0315 e. The molecule has 0 fully saturated rings. The second-order valence-electron chi connectivity index (χ2n) is 5.96. The molecule has 0 bridgehead atoms. The molecule has 4 N–H and O–H groups in total. The molecular weight excluding hydrogens is 292 g/mol. The molecule has 116 valence electrons. The van der Waals surface area contributed by atoms with Crippen LogP contribution in [0.3, 0.4) is 0 Å². The molecule has 0 amide bonds. The first-order valence-corrected chi connectivity index (χ1v) is 7.96. The van der Waals surface area contributed by atoms with Crippen molar-refractivity contribution in [1.29, 1.82) is 0 Å². The zero-order valence-electron chi connectivity index (χ0n) is 13.2. The van der Waals surface area contributed by atoms with Gasteiger partial charge in [-0.25, -0.2) is 0 Å². The maximum atomic E-state index is 5.37. The first-order valence-electron chi connectivity index (χ1n) is 7.96. The van der Waals surface area contributed by atoms with E-state index in [1.807, 2.05) is 0 Å². The van der Waals surface area contributed by atoms with E-state index in [0.717, 1.165) is 11.4 Å². The second kappa shape index (κ2) is 5.74. The van der Waals surface area contributed by atoms with E-state index >= 15 is 0 Å². The molecule has 0 radical (unpaired) electrons. The van der Waals surface area contributed by atoms with Crippen LogP contribution in [0.25, 0.3) is 32.3 Å². The molecule has 5 rings (SSSR count). The molecule has 0 aliphatic carbocycles. The van der Waals surface area contributed by atoms with Gasteiger partial charge in [-0.1, -0.05) is 60.7 Å². The summed E-state index contributed by atoms with van der Waals surface area (Å²) in [5.74, 6) is 0. The maximum absolute atomic E-state index is 5.37. The van der Waals surface area contributed by atoms with Gasteiger partial charge in [-0.15, -0.1) is 0 Å². The number of nitrogens with two attached hydrogens (primary N) is 2. The van der Waals surface area contributed by atoms with Gasteiger partial charge in [-0.05, 0) is 56.6 Å². The number of anilines is 2. The van der Waals surface area contributed by atoms with Gasteiger partial charge >= 0.3 is 0 Å². The average Bonchev–Trinajstić information content (AvgIpc) is 2.63. The molecule has 2 nitrogen and oxygen atoms in total. The van der Waals surface area contributed by atoms with Gasteiger partial charge in [0.15, 0.2) is 0 Å². The fourth-order valence-corrected chi connectivity index (χ4v) is 3.17. The Labute approximate surface area is 140 Å². The Morgan fingerprint density at radius 1 is 0.375 bits per heavy atom. The average molecular weight is 310 g/mol. The van der Waals surface area contributed by atoms with Crippen molar-refractivity contribution >= 4 is 43.7 Å². The van der Waals surface area contributed by atoms with Gasteiger partial charge < -0.3 is 11.5 Å². The second-order valence-corrected chi connectivity index (χ2v) is 5.96. The summed E-state index contributed by atoms with van der Waals surface area (Å²) in [5, 5.41) is 8.14. The minimum Gasteiger partial charge on any atom is -0.399 e. The Hall–Kier alpha value is -3.26. The molecule has 5 aromatic carbocycles. The van der Waals surface area contributed by atoms with Crippen LogP contribution in [0, 0.1) is 0 Å². The predicted octanol–water partition coefficient (Wildman–Crippen LogP) is 5.44. The third-order valence-electron chi connectivity index (χ3n) is 4.33. The van der Waals surface area contributed by atoms with Crippen LogP contribution >= 0.6 is 0 Å². The Morgan fingerprint density at radius 3 is 0.958 bits per heavy atom. The van der Waals surface area contributed by atoms with E-state index in [1.165, 1.54) is 32.3 Å². The van der Waals surface area contributed by atoms with Gasteiger partial charge in [-0.3, -0.25) is 0 Å². The van der Waals surface area contributed by atoms with Crippen molar-refractivity contribution < 1.29 is 0 Å². The Morgan fingerprint density at radius 2 is 0.667 bits per heavy atom. The van der Waals surface area contributed by atoms with Crippen molar-refractivity contribution in [2.75, 3.05) is 11.5 Å². The van der Waals surface area contributed by atoms with E-state index in [4.69, 9.17) is 11.5 Å². The van der Waals surface area contributed by atoms with Crippen molar-refractivity contribution in [1.82, 2.24) is 0 Å². The molecule has 0 heterocycles. The number of rotatable bonds is 0. The van der Waals surface area contributed by atoms with E-state index in [-0.39, 0.29) is 0 Å². The molecule has 0 saturated heterocycles. The topological polar surface area (TPSA) is 52.0 Å². The van der Waals surface area contributed by atoms with Crippen LogP contribution in [0.15, 0.2) is 84.9 Å². The molecule has 0 atom stereocenters. The highest BCUT2D eigenvalue weighted by Crippen LogP contribution is 2.33. The predicted molar refractivity (Wildman–Crippen MR) is 105 cm³/mol. The molecule has 0 saturated carbocycles. The van der Waals surface area contributed by atoms with Gasteiger partial charge in [-0.2, -0.15) is 0 Å². The lowest BCUT2D eigenvalue weighted by molar-refractivity contribution is 1.67. The molecular formula is C22H18N2. The highest BCUT2D eigenvalue weighted by atomic mass is 14.6. The van der Waals surface area contributed by atoms with Crippen molar-refractivity contribution in [3.63, 3.8) is 0 Å². The molecule has 0 aliphatic heterocycles. The summed E-state index contributed by atoms with van der Waals surface area (Å²) in [6.45, 7) is 0. The minimum atomic E-state index is 0.749. The fraction of sp³-hybridized carbons (Fsp3) is 0. The largest absolute Gasteiger partial charge is 0.399 e. The molecule has 0 unspecified atom stereocenters. The summed E-state index contributed by atoms with van der Waals surface area (Å²) in [5.41, 5.74) is 12.2. The number of hydrogen-bond acceptors (Lipinski definition) is 2. The number of benzene rings is 5. The van der Waals surface area contributed by atoms with Gasteiger partial charge in [0.05, 0.1) is 0 Å². The Balaban J connectivity index is 0.000000155. The third kappa shape index (κ3) is 2.48. The van der Waals surface area contributed by atoms with Gasteiger partial charge in [0.2, 0.25) is 0 Å². The van der Waals surface area contributed by atoms with Crippen molar-refractivity contribution in [3.8, 4) is 0 Å². The molecule has 0 spiro atoms. The zero-order valence-corrected chi connectivity index (χ0v) is 13.2. The van der Waals surface area contributed by atoms with Crippen molar-refractivity contribution in [2.24, 2.45) is 0 Å². The summed E-state index contributed by atoms with van der Waals surface area (Å²) in [7, 11) is 0. The van der Waals surface area contributed by atoms with Gasteiger partial charge in [0.1, 0.15) is 0 Å². The first kappa shape index (κ1) is 14.3. The normalized spacial score (nSPS) is 10.8. The van der Waals surface area contributed by atoms with Crippen LogP contribution in [0.1, 0.15) is 0 Å². The molecule has 24 heavy (non-hydrogen) atoms. The summed E-state index contributed by atoms with van der Waals surface area (Å²) >= 11 is 0. The third-order valence-corrected chi connectivity index (χ3v) is 4.33. The number of hydrogen-bond donors (Lipinski definition) is 2. The highest BCUT2D eigenvalue weighted by Gasteiger charge is 2.05. The van der Waals surface area contributed by atoms with Crippen molar-refractivity contribution in [2.45, 2.75) is 0 Å². The summed E-state index contributed by atoms with van der Waals surface area (Å²) in [6, 6.07) is 29.0. The minimum absolute atomic E-state index is 0.749. The summed E-state index contributed by atoms with van der Waals surface area (Å²) < 4.78 is 0. The molecule has 0 aliphatic rings. The van der Waals surface area contributed by atoms with E-state index < -0.39 is 0 Å². The van der Waals surface area contributed by atoms with E-state index in [0.29, 0.717) is 0 Å². The summed E-state index contributed by atoms with van der Waals surface area (Å²) in [4.78, 5) is 0.